The number of nitrogens with zero attached hydrogens (tertiary/aromatic N) is 3. The number of hydrogen-bond acceptors (Lipinski definition) is 4. The Hall–Kier alpha value is -8.25. The Bertz CT molecular complexity index is 3340. The van der Waals surface area contributed by atoms with Crippen molar-refractivity contribution in [3.05, 3.63) is 253 Å². The van der Waals surface area contributed by atoms with Crippen LogP contribution in [0.25, 0.3) is 67.1 Å². The number of benzene rings is 8. The standard InChI is InChI=1S/C59H43N5/c1-4-18-40(19-5-1)44-36-37-60-56(38-44)64-54-30-16-13-27-49(54)57-48-26-12-15-29-53(48)63(55-31-17-14-28-50(55)58(57)64)45-34-32-41(33-35-45)46-24-10-11-25-47(46)59-61-51(42-20-6-2-7-21-42)39-52(62-59)43-22-8-3-9-23-43/h1-39,51,59,61-62H. The molecule has 304 valence electrons. The van der Waals surface area contributed by atoms with Crippen LogP contribution in [0.15, 0.2) is 237 Å². The van der Waals surface area contributed by atoms with E-state index in [4.69, 9.17) is 4.98 Å². The van der Waals surface area contributed by atoms with Crippen molar-refractivity contribution in [2.24, 2.45) is 0 Å². The molecule has 0 saturated heterocycles. The Balaban J connectivity index is 0.970. The van der Waals surface area contributed by atoms with E-state index in [9.17, 15) is 0 Å². The number of anilines is 3. The molecule has 2 aliphatic rings. The van der Waals surface area contributed by atoms with Crippen molar-refractivity contribution in [3.63, 3.8) is 0 Å². The number of para-hydroxylation sites is 3. The normalized spacial score (nSPS) is 15.3. The van der Waals surface area contributed by atoms with E-state index in [2.05, 4.69) is 251 Å². The molecule has 64 heavy (non-hydrogen) atoms. The third-order valence-corrected chi connectivity index (χ3v) is 12.7. The summed E-state index contributed by atoms with van der Waals surface area (Å²) in [6, 6.07) is 80.5. The molecule has 2 atom stereocenters. The summed E-state index contributed by atoms with van der Waals surface area (Å²) in [4.78, 5) is 7.49. The fourth-order valence-corrected chi connectivity index (χ4v) is 9.77. The SMILES string of the molecule is C1=C(c2ccccc2)NC(c2ccccc2-c2ccc(N3c4ccccc4-c4c(n(-c5cc(-c6ccccc6)ccn5)c5ccccc45)-c4ccccc43)cc2)NC1c1ccccc1. The molecule has 0 spiro atoms. The first-order valence-electron chi connectivity index (χ1n) is 22.0. The van der Waals surface area contributed by atoms with Crippen LogP contribution in [0.3, 0.4) is 0 Å². The summed E-state index contributed by atoms with van der Waals surface area (Å²) >= 11 is 0. The maximum absolute atomic E-state index is 5.06. The smallest absolute Gasteiger partial charge is 0.138 e. The van der Waals surface area contributed by atoms with Crippen LogP contribution >= 0.6 is 0 Å². The highest BCUT2D eigenvalue weighted by Crippen LogP contribution is 2.54. The summed E-state index contributed by atoms with van der Waals surface area (Å²) in [5, 5.41) is 8.99. The van der Waals surface area contributed by atoms with Gasteiger partial charge in [-0.15, -0.1) is 0 Å². The van der Waals surface area contributed by atoms with Gasteiger partial charge in [0.15, 0.2) is 0 Å². The van der Waals surface area contributed by atoms with E-state index < -0.39 is 0 Å². The molecule has 4 heterocycles. The van der Waals surface area contributed by atoms with E-state index in [1.54, 1.807) is 0 Å². The highest BCUT2D eigenvalue weighted by Gasteiger charge is 2.32. The molecule has 5 heteroatoms. The van der Waals surface area contributed by atoms with Gasteiger partial charge in [-0.1, -0.05) is 182 Å². The summed E-state index contributed by atoms with van der Waals surface area (Å²) in [5.74, 6) is 0.881. The van der Waals surface area contributed by atoms with Gasteiger partial charge < -0.3 is 10.2 Å². The number of nitrogens with one attached hydrogen (secondary N) is 2. The van der Waals surface area contributed by atoms with Crippen LogP contribution in [0.4, 0.5) is 17.1 Å². The van der Waals surface area contributed by atoms with Crippen molar-refractivity contribution in [3.8, 4) is 50.5 Å². The first-order chi connectivity index (χ1) is 31.8. The average molecular weight is 822 g/mol. The van der Waals surface area contributed by atoms with Gasteiger partial charge in [-0.3, -0.25) is 9.88 Å². The van der Waals surface area contributed by atoms with E-state index in [1.165, 1.54) is 38.8 Å². The van der Waals surface area contributed by atoms with Gasteiger partial charge in [0.1, 0.15) is 12.0 Å². The van der Waals surface area contributed by atoms with Crippen LogP contribution in [-0.4, -0.2) is 9.55 Å². The number of fused-ring (bicyclic) bond motifs is 7. The van der Waals surface area contributed by atoms with Gasteiger partial charge in [-0.25, -0.2) is 4.98 Å². The van der Waals surface area contributed by atoms with Crippen molar-refractivity contribution in [2.45, 2.75) is 12.2 Å². The van der Waals surface area contributed by atoms with Gasteiger partial charge in [0.2, 0.25) is 0 Å². The Morgan fingerprint density at radius 3 is 1.84 bits per heavy atom. The predicted molar refractivity (Wildman–Crippen MR) is 264 cm³/mol. The summed E-state index contributed by atoms with van der Waals surface area (Å²) < 4.78 is 2.37. The van der Waals surface area contributed by atoms with Crippen LogP contribution in [0.5, 0.6) is 0 Å². The molecule has 0 aliphatic carbocycles. The first kappa shape index (κ1) is 37.5. The molecule has 8 aromatic carbocycles. The van der Waals surface area contributed by atoms with Crippen LogP contribution in [-0.2, 0) is 0 Å². The van der Waals surface area contributed by atoms with E-state index in [-0.39, 0.29) is 12.2 Å². The van der Waals surface area contributed by atoms with Gasteiger partial charge in [0, 0.05) is 39.7 Å². The van der Waals surface area contributed by atoms with Gasteiger partial charge in [0.25, 0.3) is 0 Å². The number of hydrogen-bond donors (Lipinski definition) is 2. The van der Waals surface area contributed by atoms with Crippen LogP contribution < -0.4 is 15.5 Å². The molecule has 0 amide bonds. The second kappa shape index (κ2) is 15.9. The zero-order valence-corrected chi connectivity index (χ0v) is 35.0. The maximum Gasteiger partial charge on any atom is 0.138 e. The minimum Gasteiger partial charge on any atom is -0.366 e. The lowest BCUT2D eigenvalue weighted by atomic mass is 9.94. The zero-order valence-electron chi connectivity index (χ0n) is 35.0. The third kappa shape index (κ3) is 6.49. The molecule has 0 bridgehead atoms. The van der Waals surface area contributed by atoms with Gasteiger partial charge in [0.05, 0.1) is 28.6 Å². The summed E-state index contributed by atoms with van der Waals surface area (Å²) in [7, 11) is 0. The molecule has 0 saturated carbocycles. The van der Waals surface area contributed by atoms with Crippen molar-refractivity contribution in [1.29, 1.82) is 0 Å². The number of rotatable bonds is 7. The minimum absolute atomic E-state index is 0.0305. The molecule has 0 fully saturated rings. The number of pyridine rings is 1. The molecule has 2 unspecified atom stereocenters. The second-order valence-corrected chi connectivity index (χ2v) is 16.4. The lowest BCUT2D eigenvalue weighted by Gasteiger charge is -2.34. The lowest BCUT2D eigenvalue weighted by Crippen LogP contribution is -2.39. The second-order valence-electron chi connectivity index (χ2n) is 16.4. The van der Waals surface area contributed by atoms with Gasteiger partial charge >= 0.3 is 0 Å². The Labute approximate surface area is 373 Å². The zero-order chi connectivity index (χ0) is 42.4. The highest BCUT2D eigenvalue weighted by atomic mass is 15.2. The number of aromatic nitrogens is 2. The fraction of sp³-hybridized carbons (Fsp3) is 0.0339. The Kier molecular flexibility index (Phi) is 9.32. The van der Waals surface area contributed by atoms with Crippen molar-refractivity contribution in [1.82, 2.24) is 20.2 Å². The van der Waals surface area contributed by atoms with Gasteiger partial charge in [-0.05, 0) is 87.5 Å². The quantitative estimate of drug-likeness (QED) is 0.168. The van der Waals surface area contributed by atoms with E-state index in [0.29, 0.717) is 0 Å². The van der Waals surface area contributed by atoms with Crippen LogP contribution in [0.2, 0.25) is 0 Å². The maximum atomic E-state index is 5.06. The Morgan fingerprint density at radius 2 is 1.08 bits per heavy atom. The van der Waals surface area contributed by atoms with E-state index in [1.807, 2.05) is 6.20 Å². The van der Waals surface area contributed by atoms with E-state index in [0.717, 1.165) is 62.0 Å². The molecule has 0 radical (unpaired) electrons. The van der Waals surface area contributed by atoms with Crippen LogP contribution in [0.1, 0.15) is 28.9 Å². The van der Waals surface area contributed by atoms with Crippen molar-refractivity contribution >= 4 is 33.7 Å². The molecule has 5 nitrogen and oxygen atoms in total. The fourth-order valence-electron chi connectivity index (χ4n) is 9.77. The molecule has 12 rings (SSSR count). The van der Waals surface area contributed by atoms with Crippen LogP contribution in [0, 0.1) is 0 Å². The average Bonchev–Trinajstić information content (AvgIpc) is 3.66. The molecular weight excluding hydrogens is 779 g/mol. The Morgan fingerprint density at radius 1 is 0.469 bits per heavy atom. The minimum atomic E-state index is -0.132. The third-order valence-electron chi connectivity index (χ3n) is 12.7. The monoisotopic (exact) mass is 821 g/mol. The molecule has 2 N–H and O–H groups in total. The summed E-state index contributed by atoms with van der Waals surface area (Å²) in [5.41, 5.74) is 18.4. The lowest BCUT2D eigenvalue weighted by molar-refractivity contribution is 0.443. The first-order valence-corrected chi connectivity index (χ1v) is 22.0. The molecular formula is C59H43N5. The van der Waals surface area contributed by atoms with Crippen molar-refractivity contribution in [2.75, 3.05) is 4.90 Å². The highest BCUT2D eigenvalue weighted by molar-refractivity contribution is 6.13. The molecule has 2 aromatic heterocycles. The largest absolute Gasteiger partial charge is 0.366 e. The van der Waals surface area contributed by atoms with E-state index >= 15 is 0 Å². The molecule has 10 aromatic rings. The van der Waals surface area contributed by atoms with Crippen molar-refractivity contribution < 1.29 is 0 Å². The molecule has 2 aliphatic heterocycles. The predicted octanol–water partition coefficient (Wildman–Crippen LogP) is 14.5. The topological polar surface area (TPSA) is 45.1 Å². The summed E-state index contributed by atoms with van der Waals surface area (Å²) in [6.45, 7) is 0. The summed E-state index contributed by atoms with van der Waals surface area (Å²) in [6.07, 6.45) is 4.10. The van der Waals surface area contributed by atoms with Gasteiger partial charge in [-0.2, -0.15) is 0 Å².